The predicted octanol–water partition coefficient (Wildman–Crippen LogP) is 0.909. The number of pyridine rings is 1. The van der Waals surface area contributed by atoms with Crippen LogP contribution in [0.15, 0.2) is 23.0 Å². The molecule has 1 aromatic rings. The summed E-state index contributed by atoms with van der Waals surface area (Å²) in [6, 6.07) is 5.91. The zero-order valence-electron chi connectivity index (χ0n) is 8.49. The van der Waals surface area contributed by atoms with Gasteiger partial charge in [0.25, 0.3) is 5.56 Å². The molecule has 1 fully saturated rings. The van der Waals surface area contributed by atoms with Crippen molar-refractivity contribution in [3.8, 4) is 0 Å². The van der Waals surface area contributed by atoms with Crippen LogP contribution in [0.2, 0.25) is 0 Å². The molecule has 1 unspecified atom stereocenters. The molecule has 0 bridgehead atoms. The number of hydrogen-bond donors (Lipinski definition) is 1. The predicted molar refractivity (Wildman–Crippen MR) is 56.5 cm³/mol. The van der Waals surface area contributed by atoms with Crippen LogP contribution in [-0.4, -0.2) is 17.2 Å². The SMILES string of the molecule is Cc1cccc(=O)n1CC1CCCN1. The van der Waals surface area contributed by atoms with E-state index in [1.165, 1.54) is 12.8 Å². The first kappa shape index (κ1) is 9.46. The largest absolute Gasteiger partial charge is 0.312 e. The van der Waals surface area contributed by atoms with Crippen LogP contribution in [0.5, 0.6) is 0 Å². The number of aromatic nitrogens is 1. The first-order valence-electron chi connectivity index (χ1n) is 5.17. The maximum absolute atomic E-state index is 11.6. The van der Waals surface area contributed by atoms with Crippen LogP contribution in [-0.2, 0) is 6.54 Å². The molecule has 0 saturated carbocycles. The molecule has 1 aliphatic heterocycles. The van der Waals surface area contributed by atoms with E-state index in [1.807, 2.05) is 23.6 Å². The Balaban J connectivity index is 2.19. The fraction of sp³-hybridized carbons (Fsp3) is 0.545. The van der Waals surface area contributed by atoms with E-state index >= 15 is 0 Å². The molecular weight excluding hydrogens is 176 g/mol. The minimum Gasteiger partial charge on any atom is -0.312 e. The van der Waals surface area contributed by atoms with Crippen LogP contribution in [0, 0.1) is 6.92 Å². The van der Waals surface area contributed by atoms with Gasteiger partial charge in [-0.1, -0.05) is 6.07 Å². The molecule has 2 rings (SSSR count). The second-order valence-corrected chi connectivity index (χ2v) is 3.91. The highest BCUT2D eigenvalue weighted by Gasteiger charge is 2.15. The normalized spacial score (nSPS) is 21.4. The summed E-state index contributed by atoms with van der Waals surface area (Å²) in [4.78, 5) is 11.6. The molecule has 1 aromatic heterocycles. The van der Waals surface area contributed by atoms with Crippen LogP contribution in [0.3, 0.4) is 0 Å². The van der Waals surface area contributed by atoms with E-state index in [9.17, 15) is 4.79 Å². The minimum absolute atomic E-state index is 0.110. The van der Waals surface area contributed by atoms with Crippen molar-refractivity contribution in [1.29, 1.82) is 0 Å². The van der Waals surface area contributed by atoms with Gasteiger partial charge in [0.2, 0.25) is 0 Å². The van der Waals surface area contributed by atoms with Gasteiger partial charge in [0.15, 0.2) is 0 Å². The van der Waals surface area contributed by atoms with Crippen LogP contribution < -0.4 is 10.9 Å². The van der Waals surface area contributed by atoms with E-state index in [-0.39, 0.29) is 5.56 Å². The summed E-state index contributed by atoms with van der Waals surface area (Å²) in [7, 11) is 0. The van der Waals surface area contributed by atoms with Gasteiger partial charge in [-0.15, -0.1) is 0 Å². The van der Waals surface area contributed by atoms with E-state index in [4.69, 9.17) is 0 Å². The van der Waals surface area contributed by atoms with Crippen molar-refractivity contribution >= 4 is 0 Å². The molecule has 0 aliphatic carbocycles. The third-order valence-electron chi connectivity index (χ3n) is 2.83. The first-order valence-corrected chi connectivity index (χ1v) is 5.17. The topological polar surface area (TPSA) is 34.0 Å². The van der Waals surface area contributed by atoms with Crippen LogP contribution in [0.4, 0.5) is 0 Å². The molecule has 1 N–H and O–H groups in total. The molecule has 1 aliphatic rings. The number of rotatable bonds is 2. The molecule has 0 spiro atoms. The van der Waals surface area contributed by atoms with Crippen molar-refractivity contribution in [2.45, 2.75) is 32.4 Å². The van der Waals surface area contributed by atoms with Gasteiger partial charge in [-0.3, -0.25) is 4.79 Å². The molecule has 0 aromatic carbocycles. The lowest BCUT2D eigenvalue weighted by Crippen LogP contribution is -2.32. The van der Waals surface area contributed by atoms with Crippen molar-refractivity contribution in [3.63, 3.8) is 0 Å². The van der Waals surface area contributed by atoms with Crippen molar-refractivity contribution in [2.75, 3.05) is 6.54 Å². The summed E-state index contributed by atoms with van der Waals surface area (Å²) in [5.41, 5.74) is 1.16. The van der Waals surface area contributed by atoms with Crippen molar-refractivity contribution in [3.05, 3.63) is 34.2 Å². The number of aryl methyl sites for hydroxylation is 1. The van der Waals surface area contributed by atoms with Gasteiger partial charge in [-0.05, 0) is 32.4 Å². The van der Waals surface area contributed by atoms with E-state index in [1.54, 1.807) is 6.07 Å². The third-order valence-corrected chi connectivity index (χ3v) is 2.83. The molecule has 14 heavy (non-hydrogen) atoms. The van der Waals surface area contributed by atoms with E-state index in [2.05, 4.69) is 5.32 Å². The Labute approximate surface area is 83.8 Å². The van der Waals surface area contributed by atoms with E-state index in [0.29, 0.717) is 6.04 Å². The smallest absolute Gasteiger partial charge is 0.250 e. The lowest BCUT2D eigenvalue weighted by atomic mass is 10.2. The molecule has 76 valence electrons. The van der Waals surface area contributed by atoms with E-state index < -0.39 is 0 Å². The number of nitrogens with zero attached hydrogens (tertiary/aromatic N) is 1. The minimum atomic E-state index is 0.110. The molecule has 0 amide bonds. The number of nitrogens with one attached hydrogen (secondary N) is 1. The Bertz CT molecular complexity index is 364. The van der Waals surface area contributed by atoms with Gasteiger partial charge in [0.05, 0.1) is 0 Å². The Morgan fingerprint density at radius 1 is 1.57 bits per heavy atom. The molecule has 1 atom stereocenters. The quantitative estimate of drug-likeness (QED) is 0.755. The standard InChI is InChI=1S/C11H16N2O/c1-9-4-2-6-11(14)13(9)8-10-5-3-7-12-10/h2,4,6,10,12H,3,5,7-8H2,1H3. The molecular formula is C11H16N2O. The summed E-state index contributed by atoms with van der Waals surface area (Å²) in [5, 5.41) is 3.40. The monoisotopic (exact) mass is 192 g/mol. The highest BCUT2D eigenvalue weighted by Crippen LogP contribution is 2.07. The van der Waals surface area contributed by atoms with Crippen molar-refractivity contribution < 1.29 is 0 Å². The molecule has 1 saturated heterocycles. The Hall–Kier alpha value is -1.09. The second-order valence-electron chi connectivity index (χ2n) is 3.91. The van der Waals surface area contributed by atoms with Crippen LogP contribution >= 0.6 is 0 Å². The van der Waals surface area contributed by atoms with Gasteiger partial charge in [-0.2, -0.15) is 0 Å². The fourth-order valence-electron chi connectivity index (χ4n) is 1.99. The lowest BCUT2D eigenvalue weighted by molar-refractivity contribution is 0.492. The zero-order valence-corrected chi connectivity index (χ0v) is 8.49. The van der Waals surface area contributed by atoms with Gasteiger partial charge in [0.1, 0.15) is 0 Å². The molecule has 0 radical (unpaired) electrons. The Kier molecular flexibility index (Phi) is 2.68. The Morgan fingerprint density at radius 3 is 3.07 bits per heavy atom. The third kappa shape index (κ3) is 1.87. The number of hydrogen-bond acceptors (Lipinski definition) is 2. The molecule has 3 nitrogen and oxygen atoms in total. The van der Waals surface area contributed by atoms with Crippen molar-refractivity contribution in [1.82, 2.24) is 9.88 Å². The van der Waals surface area contributed by atoms with Gasteiger partial charge in [-0.25, -0.2) is 0 Å². The zero-order chi connectivity index (χ0) is 9.97. The summed E-state index contributed by atoms with van der Waals surface area (Å²) < 4.78 is 1.85. The van der Waals surface area contributed by atoms with Crippen LogP contribution in [0.1, 0.15) is 18.5 Å². The second kappa shape index (κ2) is 3.96. The van der Waals surface area contributed by atoms with Gasteiger partial charge < -0.3 is 9.88 Å². The highest BCUT2D eigenvalue weighted by atomic mass is 16.1. The van der Waals surface area contributed by atoms with E-state index in [0.717, 1.165) is 18.8 Å². The summed E-state index contributed by atoms with van der Waals surface area (Å²) >= 11 is 0. The van der Waals surface area contributed by atoms with Crippen molar-refractivity contribution in [2.24, 2.45) is 0 Å². The Morgan fingerprint density at radius 2 is 2.43 bits per heavy atom. The van der Waals surface area contributed by atoms with Gasteiger partial charge >= 0.3 is 0 Å². The van der Waals surface area contributed by atoms with Gasteiger partial charge in [0, 0.05) is 24.3 Å². The highest BCUT2D eigenvalue weighted by molar-refractivity contribution is 5.04. The fourth-order valence-corrected chi connectivity index (χ4v) is 1.99. The molecule has 2 heterocycles. The summed E-state index contributed by atoms with van der Waals surface area (Å²) in [5.74, 6) is 0. The average molecular weight is 192 g/mol. The lowest BCUT2D eigenvalue weighted by Gasteiger charge is -2.14. The maximum atomic E-state index is 11.6. The maximum Gasteiger partial charge on any atom is 0.250 e. The summed E-state index contributed by atoms with van der Waals surface area (Å²) in [6.45, 7) is 3.88. The first-order chi connectivity index (χ1) is 6.77. The van der Waals surface area contributed by atoms with Crippen LogP contribution in [0.25, 0.3) is 0 Å². The average Bonchev–Trinajstić information content (AvgIpc) is 2.64. The molecule has 3 heteroatoms. The summed E-state index contributed by atoms with van der Waals surface area (Å²) in [6.07, 6.45) is 2.41.